The van der Waals surface area contributed by atoms with E-state index in [0.717, 1.165) is 43.4 Å². The summed E-state index contributed by atoms with van der Waals surface area (Å²) in [7, 11) is 0. The number of carbonyl (C=O) groups is 1. The van der Waals surface area contributed by atoms with Crippen LogP contribution in [-0.2, 0) is 11.3 Å². The first-order valence-electron chi connectivity index (χ1n) is 6.82. The number of aliphatic carboxylic acids is 1. The molecule has 1 aromatic rings. The third kappa shape index (κ3) is 4.62. The van der Waals surface area contributed by atoms with Crippen molar-refractivity contribution in [3.05, 3.63) is 34.3 Å². The molecule has 104 valence electrons. The average Bonchev–Trinajstić information content (AvgIpc) is 2.57. The van der Waals surface area contributed by atoms with E-state index in [-0.39, 0.29) is 0 Å². The molecule has 1 N–H and O–H groups in total. The van der Waals surface area contributed by atoms with E-state index in [1.165, 1.54) is 5.56 Å². The summed E-state index contributed by atoms with van der Waals surface area (Å²) in [5.41, 5.74) is 1.30. The molecule has 1 unspecified atom stereocenters. The molecule has 0 aromatic heterocycles. The Kier molecular flexibility index (Phi) is 5.40. The van der Waals surface area contributed by atoms with Crippen molar-refractivity contribution in [2.75, 3.05) is 13.1 Å². The van der Waals surface area contributed by atoms with Gasteiger partial charge in [0.1, 0.15) is 0 Å². The standard InChI is InChI=1S/C15H20BrNO2/c16-14-6-2-1-5-13(14)11-17-8-3-4-12(7-9-17)10-15(18)19/h1-2,5-6,12H,3-4,7-11H2,(H,18,19). The predicted molar refractivity (Wildman–Crippen MR) is 79.0 cm³/mol. The van der Waals surface area contributed by atoms with E-state index >= 15 is 0 Å². The van der Waals surface area contributed by atoms with Crippen LogP contribution in [0.1, 0.15) is 31.2 Å². The molecular formula is C15H20BrNO2. The zero-order valence-electron chi connectivity index (χ0n) is 11.0. The molecule has 3 nitrogen and oxygen atoms in total. The number of benzene rings is 1. The van der Waals surface area contributed by atoms with Crippen LogP contribution in [-0.4, -0.2) is 29.1 Å². The van der Waals surface area contributed by atoms with Gasteiger partial charge in [-0.2, -0.15) is 0 Å². The molecule has 0 saturated carbocycles. The maximum atomic E-state index is 10.8. The van der Waals surface area contributed by atoms with E-state index in [1.807, 2.05) is 6.07 Å². The monoisotopic (exact) mass is 325 g/mol. The number of likely N-dealkylation sites (tertiary alicyclic amines) is 1. The van der Waals surface area contributed by atoms with E-state index in [9.17, 15) is 4.79 Å². The minimum absolute atomic E-state index is 0.322. The van der Waals surface area contributed by atoms with Gasteiger partial charge in [0.15, 0.2) is 0 Å². The first-order chi connectivity index (χ1) is 9.15. The summed E-state index contributed by atoms with van der Waals surface area (Å²) in [5.74, 6) is -0.314. The van der Waals surface area contributed by atoms with Crippen molar-refractivity contribution in [3.8, 4) is 0 Å². The summed E-state index contributed by atoms with van der Waals surface area (Å²) in [6.07, 6.45) is 3.46. The number of hydrogen-bond donors (Lipinski definition) is 1. The van der Waals surface area contributed by atoms with Crippen LogP contribution in [0.25, 0.3) is 0 Å². The lowest BCUT2D eigenvalue weighted by Crippen LogP contribution is -2.24. The van der Waals surface area contributed by atoms with E-state index in [0.29, 0.717) is 12.3 Å². The maximum Gasteiger partial charge on any atom is 0.303 e. The fraction of sp³-hybridized carbons (Fsp3) is 0.533. The van der Waals surface area contributed by atoms with Crippen LogP contribution in [0.15, 0.2) is 28.7 Å². The summed E-state index contributed by atoms with van der Waals surface area (Å²) in [5, 5.41) is 8.88. The Morgan fingerprint density at radius 1 is 1.32 bits per heavy atom. The van der Waals surface area contributed by atoms with Crippen molar-refractivity contribution in [1.29, 1.82) is 0 Å². The quantitative estimate of drug-likeness (QED) is 0.920. The van der Waals surface area contributed by atoms with Gasteiger partial charge in [-0.1, -0.05) is 34.1 Å². The second-order valence-corrected chi connectivity index (χ2v) is 6.12. The van der Waals surface area contributed by atoms with Crippen molar-refractivity contribution in [2.45, 2.75) is 32.2 Å². The van der Waals surface area contributed by atoms with Gasteiger partial charge >= 0.3 is 5.97 Å². The Hall–Kier alpha value is -0.870. The second kappa shape index (κ2) is 7.06. The number of halogens is 1. The lowest BCUT2D eigenvalue weighted by molar-refractivity contribution is -0.138. The summed E-state index contributed by atoms with van der Waals surface area (Å²) in [4.78, 5) is 13.2. The second-order valence-electron chi connectivity index (χ2n) is 5.26. The number of hydrogen-bond acceptors (Lipinski definition) is 2. The Labute approximate surface area is 122 Å². The zero-order valence-corrected chi connectivity index (χ0v) is 12.6. The lowest BCUT2D eigenvalue weighted by atomic mass is 9.97. The molecule has 1 fully saturated rings. The molecule has 1 saturated heterocycles. The summed E-state index contributed by atoms with van der Waals surface area (Å²) in [6, 6.07) is 8.30. The smallest absolute Gasteiger partial charge is 0.303 e. The Balaban J connectivity index is 1.89. The number of nitrogens with zero attached hydrogens (tertiary/aromatic N) is 1. The molecule has 1 aliphatic heterocycles. The number of carboxylic acid groups (broad SMARTS) is 1. The molecule has 4 heteroatoms. The van der Waals surface area contributed by atoms with Crippen LogP contribution >= 0.6 is 15.9 Å². The van der Waals surface area contributed by atoms with Crippen LogP contribution in [0, 0.1) is 5.92 Å². The molecular weight excluding hydrogens is 306 g/mol. The number of carboxylic acids is 1. The van der Waals surface area contributed by atoms with E-state index in [4.69, 9.17) is 5.11 Å². The summed E-state index contributed by atoms with van der Waals surface area (Å²) < 4.78 is 1.15. The summed E-state index contributed by atoms with van der Waals surface area (Å²) >= 11 is 3.58. The normalized spacial score (nSPS) is 21.0. The van der Waals surface area contributed by atoms with Gasteiger partial charge in [-0.25, -0.2) is 0 Å². The highest BCUT2D eigenvalue weighted by Crippen LogP contribution is 2.23. The topological polar surface area (TPSA) is 40.5 Å². The van der Waals surface area contributed by atoms with Gasteiger partial charge < -0.3 is 5.11 Å². The van der Waals surface area contributed by atoms with E-state index in [1.54, 1.807) is 0 Å². The molecule has 1 aliphatic rings. The molecule has 1 heterocycles. The zero-order chi connectivity index (χ0) is 13.7. The molecule has 2 rings (SSSR count). The first-order valence-corrected chi connectivity index (χ1v) is 7.62. The highest BCUT2D eigenvalue weighted by Gasteiger charge is 2.19. The minimum atomic E-state index is -0.663. The Morgan fingerprint density at radius 2 is 2.11 bits per heavy atom. The van der Waals surface area contributed by atoms with Crippen molar-refractivity contribution in [3.63, 3.8) is 0 Å². The average molecular weight is 326 g/mol. The van der Waals surface area contributed by atoms with Crippen molar-refractivity contribution in [1.82, 2.24) is 4.90 Å². The molecule has 0 spiro atoms. The fourth-order valence-corrected chi connectivity index (χ4v) is 3.11. The van der Waals surface area contributed by atoms with Gasteiger partial charge in [-0.3, -0.25) is 9.69 Å². The van der Waals surface area contributed by atoms with Gasteiger partial charge in [0.25, 0.3) is 0 Å². The predicted octanol–water partition coefficient (Wildman–Crippen LogP) is 3.53. The molecule has 19 heavy (non-hydrogen) atoms. The summed E-state index contributed by atoms with van der Waals surface area (Å²) in [6.45, 7) is 3.01. The highest BCUT2D eigenvalue weighted by molar-refractivity contribution is 9.10. The largest absolute Gasteiger partial charge is 0.481 e. The highest BCUT2D eigenvalue weighted by atomic mass is 79.9. The lowest BCUT2D eigenvalue weighted by Gasteiger charge is -2.20. The maximum absolute atomic E-state index is 10.8. The van der Waals surface area contributed by atoms with Gasteiger partial charge in [0.05, 0.1) is 0 Å². The van der Waals surface area contributed by atoms with Gasteiger partial charge in [0.2, 0.25) is 0 Å². The van der Waals surface area contributed by atoms with Gasteiger partial charge in [-0.05, 0) is 49.9 Å². The molecule has 0 amide bonds. The van der Waals surface area contributed by atoms with Crippen molar-refractivity contribution < 1.29 is 9.90 Å². The molecule has 0 aliphatic carbocycles. The Morgan fingerprint density at radius 3 is 2.84 bits per heavy atom. The Bertz CT molecular complexity index is 436. The molecule has 0 bridgehead atoms. The van der Waals surface area contributed by atoms with Crippen LogP contribution in [0.2, 0.25) is 0 Å². The molecule has 1 atom stereocenters. The van der Waals surface area contributed by atoms with E-state index < -0.39 is 5.97 Å². The molecule has 0 radical (unpaired) electrons. The first kappa shape index (κ1) is 14.5. The van der Waals surface area contributed by atoms with Crippen LogP contribution in [0.4, 0.5) is 0 Å². The third-order valence-electron chi connectivity index (χ3n) is 3.76. The van der Waals surface area contributed by atoms with Crippen LogP contribution in [0.5, 0.6) is 0 Å². The number of rotatable bonds is 4. The molecule has 1 aromatic carbocycles. The van der Waals surface area contributed by atoms with Crippen LogP contribution in [0.3, 0.4) is 0 Å². The van der Waals surface area contributed by atoms with E-state index in [2.05, 4.69) is 39.0 Å². The SMILES string of the molecule is O=C(O)CC1CCCN(Cc2ccccc2Br)CC1. The van der Waals surface area contributed by atoms with Crippen molar-refractivity contribution in [2.24, 2.45) is 5.92 Å². The van der Waals surface area contributed by atoms with Crippen LogP contribution < -0.4 is 0 Å². The minimum Gasteiger partial charge on any atom is -0.481 e. The van der Waals surface area contributed by atoms with Gasteiger partial charge in [-0.15, -0.1) is 0 Å². The van der Waals surface area contributed by atoms with Gasteiger partial charge in [0, 0.05) is 17.4 Å². The third-order valence-corrected chi connectivity index (χ3v) is 4.53. The van der Waals surface area contributed by atoms with Crippen molar-refractivity contribution >= 4 is 21.9 Å². The fourth-order valence-electron chi connectivity index (χ4n) is 2.70.